The van der Waals surface area contributed by atoms with Crippen LogP contribution in [-0.2, 0) is 35.3 Å². The van der Waals surface area contributed by atoms with Crippen LogP contribution in [0.5, 0.6) is 46.0 Å². The minimum atomic E-state index is -0.775. The Hall–Kier alpha value is -5.26. The van der Waals surface area contributed by atoms with Crippen LogP contribution < -0.4 is 28.4 Å². The van der Waals surface area contributed by atoms with Gasteiger partial charge in [0.1, 0.15) is 11.8 Å². The molecule has 0 radical (unpaired) electrons. The van der Waals surface area contributed by atoms with Crippen molar-refractivity contribution in [1.82, 2.24) is 4.90 Å². The zero-order valence-corrected chi connectivity index (χ0v) is 36.3. The van der Waals surface area contributed by atoms with E-state index in [1.807, 2.05) is 48.5 Å². The van der Waals surface area contributed by atoms with Gasteiger partial charge in [-0.2, -0.15) is 0 Å². The van der Waals surface area contributed by atoms with E-state index in [1.165, 1.54) is 26.2 Å². The molecule has 4 aliphatic rings. The number of carbonyl (C=O) groups excluding carboxylic acids is 1. The standard InChI is InChI=1S/C49H60N2O9/c1-8-9-10-11-12-13-14-39(49(53)54)51(4)24-22-34-28-42(56-6)44-30-37(34)40(51)26-32-15-18-36(19-16-32)59-43-27-33(17-20-41(43)55-5)25-38-46-35(21-23-50(38)3)29-45(57-7)47(48(46)60-44)58-31(2)52/h15-20,27-30,38-40H,8-14,21-26H2,1-7H3/p+1. The summed E-state index contributed by atoms with van der Waals surface area (Å²) in [5.41, 5.74) is 6.08. The third kappa shape index (κ3) is 8.79. The number of likely N-dealkylation sites (N-methyl/N-ethyl adjacent to an activating group) is 2. The van der Waals surface area contributed by atoms with Crippen molar-refractivity contribution in [1.29, 1.82) is 0 Å². The minimum Gasteiger partial charge on any atom is -0.493 e. The molecule has 4 atom stereocenters. The van der Waals surface area contributed by atoms with E-state index >= 15 is 0 Å². The highest BCUT2D eigenvalue weighted by atomic mass is 16.6. The maximum Gasteiger partial charge on any atom is 0.362 e. The first-order valence-corrected chi connectivity index (χ1v) is 21.5. The number of unbranched alkanes of at least 4 members (excludes halogenated alkanes) is 5. The van der Waals surface area contributed by atoms with E-state index in [2.05, 4.69) is 38.1 Å². The van der Waals surface area contributed by atoms with E-state index in [4.69, 9.17) is 28.4 Å². The lowest BCUT2D eigenvalue weighted by Crippen LogP contribution is -2.60. The molecule has 1 N–H and O–H groups in total. The zero-order valence-electron chi connectivity index (χ0n) is 36.3. The Morgan fingerprint density at radius 1 is 0.817 bits per heavy atom. The smallest absolute Gasteiger partial charge is 0.362 e. The van der Waals surface area contributed by atoms with Gasteiger partial charge in [0.15, 0.2) is 40.5 Å². The number of carbonyl (C=O) groups is 2. The van der Waals surface area contributed by atoms with Crippen molar-refractivity contribution >= 4 is 11.9 Å². The van der Waals surface area contributed by atoms with E-state index in [0.29, 0.717) is 77.0 Å². The fourth-order valence-electron chi connectivity index (χ4n) is 9.68. The summed E-state index contributed by atoms with van der Waals surface area (Å²) in [5, 5.41) is 11.0. The number of carboxylic acids is 1. The number of aliphatic carboxylic acids is 1. The van der Waals surface area contributed by atoms with E-state index in [9.17, 15) is 14.7 Å². The monoisotopic (exact) mass is 821 g/mol. The summed E-state index contributed by atoms with van der Waals surface area (Å²) in [5.74, 6) is 2.54. The Morgan fingerprint density at radius 3 is 2.20 bits per heavy atom. The van der Waals surface area contributed by atoms with Gasteiger partial charge in [0, 0.05) is 49.9 Å². The molecule has 0 fully saturated rings. The second kappa shape index (κ2) is 18.6. The second-order valence-electron chi connectivity index (χ2n) is 16.8. The van der Waals surface area contributed by atoms with E-state index in [0.717, 1.165) is 65.6 Å². The van der Waals surface area contributed by atoms with Gasteiger partial charge in [-0.05, 0) is 91.0 Å². The number of hydrogen-bond acceptors (Lipinski definition) is 9. The van der Waals surface area contributed by atoms with Crippen molar-refractivity contribution < 1.29 is 47.6 Å². The maximum atomic E-state index is 13.4. The predicted octanol–water partition coefficient (Wildman–Crippen LogP) is 9.80. The molecule has 0 saturated carbocycles. The van der Waals surface area contributed by atoms with Crippen molar-refractivity contribution in [3.05, 3.63) is 94.0 Å². The van der Waals surface area contributed by atoms with Crippen molar-refractivity contribution in [3.8, 4) is 46.0 Å². The Bertz CT molecular complexity index is 2190. The molecule has 4 heterocycles. The van der Waals surface area contributed by atoms with E-state index in [1.54, 1.807) is 21.3 Å². The van der Waals surface area contributed by atoms with Gasteiger partial charge in [0.05, 0.1) is 34.9 Å². The van der Waals surface area contributed by atoms with Gasteiger partial charge >= 0.3 is 11.9 Å². The number of nitrogens with zero attached hydrogens (tertiary/aromatic N) is 2. The lowest BCUT2D eigenvalue weighted by Gasteiger charge is -2.49. The van der Waals surface area contributed by atoms with Gasteiger partial charge in [-0.1, -0.05) is 57.2 Å². The van der Waals surface area contributed by atoms with Crippen LogP contribution in [0.15, 0.2) is 60.7 Å². The third-order valence-electron chi connectivity index (χ3n) is 13.0. The summed E-state index contributed by atoms with van der Waals surface area (Å²) in [6.07, 6.45) is 9.67. The molecule has 0 spiro atoms. The average molecular weight is 822 g/mol. The maximum absolute atomic E-state index is 13.4. The highest BCUT2D eigenvalue weighted by molar-refractivity contribution is 5.74. The molecular weight excluding hydrogens is 761 g/mol. The summed E-state index contributed by atoms with van der Waals surface area (Å²) in [6, 6.07) is 19.1. The number of fused-ring (bicyclic) bond motifs is 2. The molecule has 0 aromatic heterocycles. The molecule has 0 aliphatic carbocycles. The van der Waals surface area contributed by atoms with Gasteiger partial charge in [-0.25, -0.2) is 4.79 Å². The topological polar surface area (TPSA) is 113 Å². The number of benzene rings is 4. The van der Waals surface area contributed by atoms with E-state index in [-0.39, 0.29) is 17.8 Å². The van der Waals surface area contributed by atoms with Crippen LogP contribution in [-0.4, -0.2) is 81.0 Å². The first-order valence-electron chi connectivity index (χ1n) is 21.5. The largest absolute Gasteiger partial charge is 0.493 e. The van der Waals surface area contributed by atoms with Crippen LogP contribution >= 0.6 is 0 Å². The van der Waals surface area contributed by atoms with Crippen LogP contribution in [0, 0.1) is 0 Å². The molecule has 4 aliphatic heterocycles. The average Bonchev–Trinajstić information content (AvgIpc) is 3.23. The Balaban J connectivity index is 1.44. The summed E-state index contributed by atoms with van der Waals surface area (Å²) in [7, 11) is 9.04. The summed E-state index contributed by atoms with van der Waals surface area (Å²) in [4.78, 5) is 28.5. The molecule has 11 heteroatoms. The number of carboxylic acid groups (broad SMARTS) is 1. The van der Waals surface area contributed by atoms with Crippen LogP contribution in [0.3, 0.4) is 0 Å². The summed E-state index contributed by atoms with van der Waals surface area (Å²) in [6.45, 7) is 5.01. The molecule has 11 nitrogen and oxygen atoms in total. The Labute approximate surface area is 354 Å². The van der Waals surface area contributed by atoms with Crippen LogP contribution in [0.4, 0.5) is 0 Å². The Morgan fingerprint density at radius 2 is 1.50 bits per heavy atom. The molecule has 60 heavy (non-hydrogen) atoms. The first kappa shape index (κ1) is 42.8. The van der Waals surface area contributed by atoms with Crippen molar-refractivity contribution in [2.45, 2.75) is 103 Å². The number of methoxy groups -OCH3 is 3. The first-order chi connectivity index (χ1) is 29.0. The van der Waals surface area contributed by atoms with Gasteiger partial charge in [0.25, 0.3) is 0 Å². The number of quaternary nitrogens is 1. The highest BCUT2D eigenvalue weighted by Gasteiger charge is 2.48. The summed E-state index contributed by atoms with van der Waals surface area (Å²) < 4.78 is 37.7. The van der Waals surface area contributed by atoms with Crippen LogP contribution in [0.1, 0.15) is 104 Å². The highest BCUT2D eigenvalue weighted by Crippen LogP contribution is 2.53. The number of hydrogen-bond donors (Lipinski definition) is 1. The van der Waals surface area contributed by atoms with Gasteiger partial charge < -0.3 is 38.0 Å². The number of ether oxygens (including phenoxy) is 6. The zero-order chi connectivity index (χ0) is 42.6. The molecule has 8 rings (SSSR count). The molecule has 6 bridgehead atoms. The quantitative estimate of drug-likeness (QED) is 0.0606. The second-order valence-corrected chi connectivity index (χ2v) is 16.8. The third-order valence-corrected chi connectivity index (χ3v) is 13.0. The van der Waals surface area contributed by atoms with Crippen molar-refractivity contribution in [2.75, 3.05) is 48.5 Å². The SMILES string of the molecule is CCCCCCCCC(C(=O)O)[N+]1(C)CCc2cc(OC)c3cc2C1Cc1ccc(cc1)Oc1cc(ccc1OC)CC1c2c(cc(OC)c(OC(C)=O)c2O3)CCN1C. The molecule has 4 unspecified atom stereocenters. The lowest BCUT2D eigenvalue weighted by atomic mass is 9.84. The van der Waals surface area contributed by atoms with Gasteiger partial charge in [0.2, 0.25) is 5.75 Å². The van der Waals surface area contributed by atoms with Crippen LogP contribution in [0.2, 0.25) is 0 Å². The fraction of sp³-hybridized carbons (Fsp3) is 0.469. The summed E-state index contributed by atoms with van der Waals surface area (Å²) >= 11 is 0. The van der Waals surface area contributed by atoms with Crippen molar-refractivity contribution in [2.24, 2.45) is 0 Å². The molecule has 4 aromatic rings. The van der Waals surface area contributed by atoms with Gasteiger partial charge in [-0.3, -0.25) is 9.69 Å². The predicted molar refractivity (Wildman–Crippen MR) is 230 cm³/mol. The van der Waals surface area contributed by atoms with Gasteiger partial charge in [-0.15, -0.1) is 0 Å². The number of esters is 1. The molecular formula is C49H61N2O9+. The van der Waals surface area contributed by atoms with Crippen molar-refractivity contribution in [3.63, 3.8) is 0 Å². The van der Waals surface area contributed by atoms with E-state index < -0.39 is 18.0 Å². The Kier molecular flexibility index (Phi) is 13.3. The van der Waals surface area contributed by atoms with Crippen LogP contribution in [0.25, 0.3) is 0 Å². The lowest BCUT2D eigenvalue weighted by molar-refractivity contribution is -0.956. The molecule has 0 amide bonds. The minimum absolute atomic E-state index is 0.193. The molecule has 0 saturated heterocycles. The molecule has 4 aromatic carbocycles. The normalized spacial score (nSPS) is 20.1. The fourth-order valence-corrected chi connectivity index (χ4v) is 9.68. The molecule has 320 valence electrons. The number of rotatable bonds is 13.